The quantitative estimate of drug-likeness (QED) is 0.794. The molecule has 0 amide bonds. The second-order valence-electron chi connectivity index (χ2n) is 5.55. The maximum absolute atomic E-state index is 12.5. The van der Waals surface area contributed by atoms with Crippen molar-refractivity contribution in [2.24, 2.45) is 0 Å². The van der Waals surface area contributed by atoms with E-state index in [1.54, 1.807) is 0 Å². The molecule has 0 aromatic heterocycles. The van der Waals surface area contributed by atoms with Crippen LogP contribution in [-0.4, -0.2) is 41.8 Å². The summed E-state index contributed by atoms with van der Waals surface area (Å²) in [6, 6.07) is 0. The molecule has 2 nitrogen and oxygen atoms in total. The van der Waals surface area contributed by atoms with Crippen LogP contribution in [0.15, 0.2) is 0 Å². The fourth-order valence-electron chi connectivity index (χ4n) is 1.96. The number of piperazine rings is 1. The minimum absolute atomic E-state index is 0.208. The van der Waals surface area contributed by atoms with E-state index in [0.29, 0.717) is 13.1 Å². The Morgan fingerprint density at radius 2 is 1.81 bits per heavy atom. The van der Waals surface area contributed by atoms with Gasteiger partial charge < -0.3 is 5.32 Å². The van der Waals surface area contributed by atoms with E-state index in [4.69, 9.17) is 0 Å². The number of rotatable bonds is 2. The topological polar surface area (TPSA) is 15.3 Å². The van der Waals surface area contributed by atoms with Crippen LogP contribution >= 0.6 is 0 Å². The summed E-state index contributed by atoms with van der Waals surface area (Å²) < 4.78 is 37.4. The second-order valence-corrected chi connectivity index (χ2v) is 5.55. The van der Waals surface area contributed by atoms with E-state index in [2.05, 4.69) is 5.32 Å². The van der Waals surface area contributed by atoms with Crippen LogP contribution in [0.25, 0.3) is 0 Å². The van der Waals surface area contributed by atoms with Crippen molar-refractivity contribution in [2.45, 2.75) is 51.4 Å². The van der Waals surface area contributed by atoms with E-state index >= 15 is 0 Å². The molecule has 0 aromatic carbocycles. The van der Waals surface area contributed by atoms with Gasteiger partial charge in [0.25, 0.3) is 0 Å². The van der Waals surface area contributed by atoms with Gasteiger partial charge in [0.15, 0.2) is 0 Å². The highest BCUT2D eigenvalue weighted by Crippen LogP contribution is 2.29. The van der Waals surface area contributed by atoms with Crippen molar-refractivity contribution in [1.29, 1.82) is 0 Å². The van der Waals surface area contributed by atoms with Gasteiger partial charge in [-0.25, -0.2) is 0 Å². The van der Waals surface area contributed by atoms with Crippen molar-refractivity contribution in [3.63, 3.8) is 0 Å². The van der Waals surface area contributed by atoms with Gasteiger partial charge in [-0.1, -0.05) is 6.92 Å². The highest BCUT2D eigenvalue weighted by molar-refractivity contribution is 4.99. The van der Waals surface area contributed by atoms with Crippen LogP contribution in [0.2, 0.25) is 0 Å². The van der Waals surface area contributed by atoms with Crippen molar-refractivity contribution in [2.75, 3.05) is 19.6 Å². The zero-order chi connectivity index (χ0) is 12.6. The molecule has 16 heavy (non-hydrogen) atoms. The molecular weight excluding hydrogens is 217 g/mol. The molecule has 1 N–H and O–H groups in total. The number of nitrogens with one attached hydrogen (secondary N) is 1. The van der Waals surface area contributed by atoms with E-state index in [1.807, 2.05) is 27.7 Å². The first-order valence-electron chi connectivity index (χ1n) is 5.65. The summed E-state index contributed by atoms with van der Waals surface area (Å²) in [5, 5.41) is 3.34. The van der Waals surface area contributed by atoms with Gasteiger partial charge in [-0.15, -0.1) is 0 Å². The Balaban J connectivity index is 2.77. The van der Waals surface area contributed by atoms with Gasteiger partial charge in [0.2, 0.25) is 0 Å². The third-order valence-electron chi connectivity index (χ3n) is 3.49. The average Bonchev–Trinajstić information content (AvgIpc) is 2.10. The first-order valence-corrected chi connectivity index (χ1v) is 5.65. The minimum atomic E-state index is -4.12. The molecule has 0 spiro atoms. The number of halogens is 3. The summed E-state index contributed by atoms with van der Waals surface area (Å²) in [5.74, 6) is 0. The van der Waals surface area contributed by atoms with Crippen LogP contribution in [0.1, 0.15) is 34.1 Å². The number of alkyl halides is 3. The van der Waals surface area contributed by atoms with Crippen LogP contribution in [0.4, 0.5) is 13.2 Å². The number of nitrogens with zero attached hydrogens (tertiary/aromatic N) is 1. The monoisotopic (exact) mass is 238 g/mol. The largest absolute Gasteiger partial charge is 0.401 e. The zero-order valence-corrected chi connectivity index (χ0v) is 10.4. The van der Waals surface area contributed by atoms with Gasteiger partial charge in [-0.2, -0.15) is 13.2 Å². The molecule has 0 bridgehead atoms. The molecular formula is C11H21F3N2. The maximum Gasteiger partial charge on any atom is 0.401 e. The van der Waals surface area contributed by atoms with Crippen molar-refractivity contribution in [3.05, 3.63) is 0 Å². The van der Waals surface area contributed by atoms with E-state index in [0.717, 1.165) is 6.42 Å². The minimum Gasteiger partial charge on any atom is -0.308 e. The number of hydrogen-bond acceptors (Lipinski definition) is 2. The smallest absolute Gasteiger partial charge is 0.308 e. The van der Waals surface area contributed by atoms with Gasteiger partial charge in [0.1, 0.15) is 0 Å². The molecule has 1 unspecified atom stereocenters. The van der Waals surface area contributed by atoms with Crippen LogP contribution < -0.4 is 5.32 Å². The first kappa shape index (κ1) is 13.8. The van der Waals surface area contributed by atoms with Gasteiger partial charge in [0, 0.05) is 24.2 Å². The summed E-state index contributed by atoms with van der Waals surface area (Å²) in [6.45, 7) is 7.88. The lowest BCUT2D eigenvalue weighted by atomic mass is 9.88. The lowest BCUT2D eigenvalue weighted by Gasteiger charge is -2.50. The van der Waals surface area contributed by atoms with Crippen molar-refractivity contribution >= 4 is 0 Å². The zero-order valence-electron chi connectivity index (χ0n) is 10.4. The Labute approximate surface area is 95.2 Å². The van der Waals surface area contributed by atoms with Crippen LogP contribution in [-0.2, 0) is 0 Å². The fourth-order valence-corrected chi connectivity index (χ4v) is 1.96. The van der Waals surface area contributed by atoms with Crippen LogP contribution in [0, 0.1) is 0 Å². The molecule has 1 aliphatic heterocycles. The summed E-state index contributed by atoms with van der Waals surface area (Å²) in [7, 11) is 0. The molecule has 0 saturated carbocycles. The molecule has 0 radical (unpaired) electrons. The van der Waals surface area contributed by atoms with E-state index in [1.165, 1.54) is 4.90 Å². The summed E-state index contributed by atoms with van der Waals surface area (Å²) >= 11 is 0. The third-order valence-corrected chi connectivity index (χ3v) is 3.49. The van der Waals surface area contributed by atoms with Gasteiger partial charge in [-0.05, 0) is 27.2 Å². The SMILES string of the molecule is CCC1(C)CN(CC(F)(F)F)C(C)(C)CN1. The Kier molecular flexibility index (Phi) is 3.60. The Bertz CT molecular complexity index is 250. The van der Waals surface area contributed by atoms with Gasteiger partial charge in [-0.3, -0.25) is 4.90 Å². The summed E-state index contributed by atoms with van der Waals surface area (Å²) in [6.07, 6.45) is -3.29. The van der Waals surface area contributed by atoms with Gasteiger partial charge >= 0.3 is 6.18 Å². The summed E-state index contributed by atoms with van der Waals surface area (Å²) in [4.78, 5) is 1.53. The Hall–Kier alpha value is -0.290. The van der Waals surface area contributed by atoms with Gasteiger partial charge in [0.05, 0.1) is 6.54 Å². The molecule has 1 saturated heterocycles. The van der Waals surface area contributed by atoms with Crippen LogP contribution in [0.3, 0.4) is 0 Å². The van der Waals surface area contributed by atoms with Crippen molar-refractivity contribution < 1.29 is 13.2 Å². The third kappa shape index (κ3) is 3.35. The standard InChI is InChI=1S/C11H21F3N2/c1-5-10(4)7-16(8-11(12,13)14)9(2,3)6-15-10/h15H,5-8H2,1-4H3. The highest BCUT2D eigenvalue weighted by atomic mass is 19.4. The Morgan fingerprint density at radius 1 is 1.25 bits per heavy atom. The molecule has 96 valence electrons. The predicted molar refractivity (Wildman–Crippen MR) is 58.4 cm³/mol. The van der Waals surface area contributed by atoms with E-state index in [-0.39, 0.29) is 5.54 Å². The molecule has 0 aliphatic carbocycles. The molecule has 1 rings (SSSR count). The van der Waals surface area contributed by atoms with E-state index < -0.39 is 18.3 Å². The first-order chi connectivity index (χ1) is 7.08. The fraction of sp³-hybridized carbons (Fsp3) is 1.00. The van der Waals surface area contributed by atoms with E-state index in [9.17, 15) is 13.2 Å². The molecule has 1 atom stereocenters. The highest BCUT2D eigenvalue weighted by Gasteiger charge is 2.43. The van der Waals surface area contributed by atoms with Crippen LogP contribution in [0.5, 0.6) is 0 Å². The predicted octanol–water partition coefficient (Wildman–Crippen LogP) is 2.40. The molecule has 1 heterocycles. The average molecular weight is 238 g/mol. The van der Waals surface area contributed by atoms with Crippen molar-refractivity contribution in [1.82, 2.24) is 10.2 Å². The maximum atomic E-state index is 12.5. The molecule has 1 fully saturated rings. The Morgan fingerprint density at radius 3 is 2.25 bits per heavy atom. The molecule has 5 heteroatoms. The molecule has 0 aromatic rings. The number of hydrogen-bond donors (Lipinski definition) is 1. The normalized spacial score (nSPS) is 31.7. The lowest BCUT2D eigenvalue weighted by molar-refractivity contribution is -0.164. The van der Waals surface area contributed by atoms with Crippen molar-refractivity contribution in [3.8, 4) is 0 Å². The molecule has 1 aliphatic rings. The summed E-state index contributed by atoms with van der Waals surface area (Å²) in [5.41, 5.74) is -0.648. The second kappa shape index (κ2) is 4.18. The lowest BCUT2D eigenvalue weighted by Crippen LogP contribution is -2.68.